The van der Waals surface area contributed by atoms with E-state index < -0.39 is 33.4 Å². The normalized spacial score (nSPS) is 14.4. The summed E-state index contributed by atoms with van der Waals surface area (Å²) in [4.78, 5) is -0.237. The number of nitrogens with one attached hydrogen (secondary N) is 1. The molecule has 21 heavy (non-hydrogen) atoms. The molecule has 0 spiro atoms. The largest absolute Gasteiger partial charge is 0.416 e. The molecule has 0 radical (unpaired) electrons. The lowest BCUT2D eigenvalue weighted by Crippen LogP contribution is -2.35. The molecule has 0 fully saturated rings. The second-order valence-corrected chi connectivity index (χ2v) is 7.05. The molecule has 0 aliphatic rings. The van der Waals surface area contributed by atoms with Crippen molar-refractivity contribution in [3.05, 3.63) is 29.8 Å². The molecule has 2 N–H and O–H groups in total. The fourth-order valence-corrected chi connectivity index (χ4v) is 3.00. The van der Waals surface area contributed by atoms with Crippen molar-refractivity contribution < 1.29 is 26.7 Å². The van der Waals surface area contributed by atoms with Gasteiger partial charge in [0, 0.05) is 12.6 Å². The predicted octanol–water partition coefficient (Wildman–Crippen LogP) is 1.84. The van der Waals surface area contributed by atoms with E-state index in [9.17, 15) is 26.7 Å². The Balaban J connectivity index is 2.79. The summed E-state index contributed by atoms with van der Waals surface area (Å²) in [5.74, 6) is -0.544. The Morgan fingerprint density at radius 3 is 2.14 bits per heavy atom. The molecule has 1 rings (SSSR count). The van der Waals surface area contributed by atoms with Crippen molar-refractivity contribution in [1.29, 1.82) is 0 Å². The minimum Gasteiger partial charge on any atom is -0.391 e. The van der Waals surface area contributed by atoms with Gasteiger partial charge in [0.15, 0.2) is 9.84 Å². The molecular formula is C13H18F3NO3S. The van der Waals surface area contributed by atoms with Gasteiger partial charge in [-0.3, -0.25) is 0 Å². The first kappa shape index (κ1) is 17.9. The van der Waals surface area contributed by atoms with Crippen molar-refractivity contribution in [2.24, 2.45) is 0 Å². The van der Waals surface area contributed by atoms with Gasteiger partial charge in [-0.25, -0.2) is 8.42 Å². The molecule has 0 bridgehead atoms. The van der Waals surface area contributed by atoms with Crippen molar-refractivity contribution in [2.45, 2.75) is 37.1 Å². The summed E-state index contributed by atoms with van der Waals surface area (Å²) in [6.45, 7) is 3.78. The number of aliphatic hydroxyl groups excluding tert-OH is 1. The SMILES string of the molecule is CC(C)NCC(O)CS(=O)(=O)c1ccc(C(F)(F)F)cc1. The molecular weight excluding hydrogens is 307 g/mol. The first-order chi connectivity index (χ1) is 9.52. The average Bonchev–Trinajstić information content (AvgIpc) is 2.35. The zero-order chi connectivity index (χ0) is 16.3. The topological polar surface area (TPSA) is 66.4 Å². The van der Waals surface area contributed by atoms with Crippen molar-refractivity contribution in [1.82, 2.24) is 5.32 Å². The third kappa shape index (κ3) is 5.64. The summed E-state index contributed by atoms with van der Waals surface area (Å²) in [5, 5.41) is 12.5. The van der Waals surface area contributed by atoms with Crippen LogP contribution in [0.2, 0.25) is 0 Å². The summed E-state index contributed by atoms with van der Waals surface area (Å²) in [6, 6.07) is 3.33. The molecule has 8 heteroatoms. The molecule has 0 heterocycles. The van der Waals surface area contributed by atoms with Crippen LogP contribution >= 0.6 is 0 Å². The highest BCUT2D eigenvalue weighted by Crippen LogP contribution is 2.29. The van der Waals surface area contributed by atoms with E-state index in [0.29, 0.717) is 12.1 Å². The molecule has 0 aliphatic carbocycles. The quantitative estimate of drug-likeness (QED) is 0.837. The van der Waals surface area contributed by atoms with E-state index in [2.05, 4.69) is 5.32 Å². The number of halogens is 3. The molecule has 1 atom stereocenters. The molecule has 0 saturated carbocycles. The Hall–Kier alpha value is -1.12. The van der Waals surface area contributed by atoms with Crippen LogP contribution in [0, 0.1) is 0 Å². The maximum absolute atomic E-state index is 12.4. The van der Waals surface area contributed by atoms with Gasteiger partial charge in [0.2, 0.25) is 0 Å². The van der Waals surface area contributed by atoms with Gasteiger partial charge in [0.1, 0.15) is 0 Å². The van der Waals surface area contributed by atoms with Gasteiger partial charge < -0.3 is 10.4 Å². The third-order valence-corrected chi connectivity index (χ3v) is 4.53. The second-order valence-electron chi connectivity index (χ2n) is 5.02. The molecule has 4 nitrogen and oxygen atoms in total. The van der Waals surface area contributed by atoms with E-state index in [4.69, 9.17) is 0 Å². The van der Waals surface area contributed by atoms with Gasteiger partial charge in [0.25, 0.3) is 0 Å². The second kappa shape index (κ2) is 6.76. The minimum atomic E-state index is -4.51. The number of hydrogen-bond acceptors (Lipinski definition) is 4. The van der Waals surface area contributed by atoms with Gasteiger partial charge in [-0.1, -0.05) is 13.8 Å². The zero-order valence-electron chi connectivity index (χ0n) is 11.7. The number of aliphatic hydroxyl groups is 1. The fraction of sp³-hybridized carbons (Fsp3) is 0.538. The molecule has 120 valence electrons. The monoisotopic (exact) mass is 325 g/mol. The summed E-state index contributed by atoms with van der Waals surface area (Å²) in [6.07, 6.45) is -5.64. The van der Waals surface area contributed by atoms with Crippen LogP contribution in [0.4, 0.5) is 13.2 Å². The molecule has 1 aromatic rings. The van der Waals surface area contributed by atoms with E-state index in [1.165, 1.54) is 0 Å². The Morgan fingerprint density at radius 2 is 1.71 bits per heavy atom. The first-order valence-electron chi connectivity index (χ1n) is 6.34. The van der Waals surface area contributed by atoms with Crippen molar-refractivity contribution in [3.8, 4) is 0 Å². The van der Waals surface area contributed by atoms with Gasteiger partial charge in [-0.2, -0.15) is 13.2 Å². The fourth-order valence-electron chi connectivity index (χ4n) is 1.63. The van der Waals surface area contributed by atoms with Crippen LogP contribution in [0.25, 0.3) is 0 Å². The van der Waals surface area contributed by atoms with Crippen LogP contribution in [0.5, 0.6) is 0 Å². The summed E-state index contributed by atoms with van der Waals surface area (Å²) in [7, 11) is -3.83. The zero-order valence-corrected chi connectivity index (χ0v) is 12.5. The summed E-state index contributed by atoms with van der Waals surface area (Å²) < 4.78 is 61.2. The maximum Gasteiger partial charge on any atom is 0.416 e. The van der Waals surface area contributed by atoms with E-state index in [-0.39, 0.29) is 17.5 Å². The molecule has 0 aliphatic heterocycles. The Morgan fingerprint density at radius 1 is 1.19 bits per heavy atom. The third-order valence-electron chi connectivity index (χ3n) is 2.71. The van der Waals surface area contributed by atoms with Crippen LogP contribution in [-0.2, 0) is 16.0 Å². The predicted molar refractivity (Wildman–Crippen MR) is 72.6 cm³/mol. The highest BCUT2D eigenvalue weighted by atomic mass is 32.2. The maximum atomic E-state index is 12.4. The molecule has 1 aromatic carbocycles. The smallest absolute Gasteiger partial charge is 0.391 e. The Kier molecular flexibility index (Phi) is 5.77. The summed E-state index contributed by atoms with van der Waals surface area (Å²) >= 11 is 0. The van der Waals surface area contributed by atoms with Crippen LogP contribution in [0.15, 0.2) is 29.2 Å². The number of hydrogen-bond donors (Lipinski definition) is 2. The van der Waals surface area contributed by atoms with Gasteiger partial charge >= 0.3 is 6.18 Å². The van der Waals surface area contributed by atoms with Crippen molar-refractivity contribution >= 4 is 9.84 Å². The first-order valence-corrected chi connectivity index (χ1v) is 7.99. The minimum absolute atomic E-state index is 0.0911. The Bertz CT molecular complexity index is 553. The number of alkyl halides is 3. The highest BCUT2D eigenvalue weighted by Gasteiger charge is 2.30. The molecule has 1 unspecified atom stereocenters. The van der Waals surface area contributed by atoms with Gasteiger partial charge in [-0.15, -0.1) is 0 Å². The van der Waals surface area contributed by atoms with E-state index in [1.807, 2.05) is 13.8 Å². The number of benzene rings is 1. The molecule has 0 aromatic heterocycles. The van der Waals surface area contributed by atoms with Crippen LogP contribution in [0.1, 0.15) is 19.4 Å². The highest BCUT2D eigenvalue weighted by molar-refractivity contribution is 7.91. The van der Waals surface area contributed by atoms with Crippen LogP contribution < -0.4 is 5.32 Å². The Labute approximate surface area is 121 Å². The molecule has 0 saturated heterocycles. The van der Waals surface area contributed by atoms with Gasteiger partial charge in [-0.05, 0) is 24.3 Å². The standard InChI is InChI=1S/C13H18F3NO3S/c1-9(2)17-7-11(18)8-21(19,20)12-5-3-10(4-6-12)13(14,15)16/h3-6,9,11,17-18H,7-8H2,1-2H3. The summed E-state index contributed by atoms with van der Waals surface area (Å²) in [5.41, 5.74) is -0.913. The van der Waals surface area contributed by atoms with Crippen molar-refractivity contribution in [2.75, 3.05) is 12.3 Å². The van der Waals surface area contributed by atoms with E-state index in [0.717, 1.165) is 12.1 Å². The number of sulfone groups is 1. The van der Waals surface area contributed by atoms with Crippen LogP contribution in [0.3, 0.4) is 0 Å². The van der Waals surface area contributed by atoms with E-state index in [1.54, 1.807) is 0 Å². The number of rotatable bonds is 6. The lowest BCUT2D eigenvalue weighted by Gasteiger charge is -2.14. The lowest BCUT2D eigenvalue weighted by atomic mass is 10.2. The molecule has 0 amide bonds. The van der Waals surface area contributed by atoms with Crippen LogP contribution in [-0.4, -0.2) is 38.0 Å². The van der Waals surface area contributed by atoms with E-state index >= 15 is 0 Å². The average molecular weight is 325 g/mol. The van der Waals surface area contributed by atoms with Gasteiger partial charge in [0.05, 0.1) is 22.3 Å². The van der Waals surface area contributed by atoms with Crippen molar-refractivity contribution in [3.63, 3.8) is 0 Å². The lowest BCUT2D eigenvalue weighted by molar-refractivity contribution is -0.137.